The number of nitrogens with zero attached hydrogens (tertiary/aromatic N) is 2. The number of benzene rings is 2. The molecule has 2 N–H and O–H groups in total. The Morgan fingerprint density at radius 2 is 1.86 bits per heavy atom. The summed E-state index contributed by atoms with van der Waals surface area (Å²) in [6.45, 7) is 0. The summed E-state index contributed by atoms with van der Waals surface area (Å²) < 4.78 is 54.6. The van der Waals surface area contributed by atoms with E-state index in [-0.39, 0.29) is 16.8 Å². The summed E-state index contributed by atoms with van der Waals surface area (Å²) in [4.78, 5) is 25.0. The van der Waals surface area contributed by atoms with Crippen molar-refractivity contribution >= 4 is 17.6 Å². The number of carboxylic acid groups (broad SMARTS) is 1. The van der Waals surface area contributed by atoms with Gasteiger partial charge in [0, 0.05) is 17.4 Å². The monoisotopic (exact) mass is 487 g/mol. The molecule has 2 aliphatic carbocycles. The summed E-state index contributed by atoms with van der Waals surface area (Å²) in [6, 6.07) is 7.30. The molecule has 2 aromatic carbocycles. The molecule has 2 saturated carbocycles. The van der Waals surface area contributed by atoms with Crippen LogP contribution in [-0.4, -0.2) is 26.8 Å². The van der Waals surface area contributed by atoms with E-state index < -0.39 is 34.8 Å². The molecular formula is C25H21F4N3O3. The molecule has 10 heteroatoms. The number of halogens is 4. The maximum atomic E-state index is 14.1. The molecule has 3 aromatic rings. The Hall–Kier alpha value is -3.69. The van der Waals surface area contributed by atoms with Gasteiger partial charge in [0.05, 0.1) is 28.8 Å². The quantitative estimate of drug-likeness (QED) is 0.431. The minimum atomic E-state index is -4.83. The minimum Gasteiger partial charge on any atom is -0.478 e. The van der Waals surface area contributed by atoms with Crippen LogP contribution in [0, 0.1) is 5.82 Å². The number of carbonyl (C=O) groups excluding carboxylic acids is 1. The Kier molecular flexibility index (Phi) is 5.41. The Morgan fingerprint density at radius 1 is 1.11 bits per heavy atom. The molecule has 182 valence electrons. The van der Waals surface area contributed by atoms with Crippen LogP contribution < -0.4 is 5.32 Å². The third-order valence-electron chi connectivity index (χ3n) is 6.88. The van der Waals surface area contributed by atoms with Crippen molar-refractivity contribution in [1.29, 1.82) is 0 Å². The van der Waals surface area contributed by atoms with Crippen LogP contribution in [-0.2, 0) is 16.4 Å². The van der Waals surface area contributed by atoms with Gasteiger partial charge in [-0.15, -0.1) is 0 Å². The van der Waals surface area contributed by atoms with Crippen LogP contribution in [0.5, 0.6) is 0 Å². The van der Waals surface area contributed by atoms with E-state index >= 15 is 0 Å². The average Bonchev–Trinajstić information content (AvgIpc) is 3.44. The Labute approximate surface area is 197 Å². The average molecular weight is 487 g/mol. The van der Waals surface area contributed by atoms with Gasteiger partial charge in [-0.05, 0) is 67.5 Å². The number of carboxylic acids is 1. The summed E-state index contributed by atoms with van der Waals surface area (Å²) in [5.41, 5.74) is -1.10. The van der Waals surface area contributed by atoms with Gasteiger partial charge in [0.15, 0.2) is 0 Å². The predicted octanol–water partition coefficient (Wildman–Crippen LogP) is 5.80. The molecule has 35 heavy (non-hydrogen) atoms. The van der Waals surface area contributed by atoms with Crippen LogP contribution in [0.1, 0.15) is 59.6 Å². The number of aromatic nitrogens is 2. The van der Waals surface area contributed by atoms with Gasteiger partial charge >= 0.3 is 12.1 Å². The lowest BCUT2D eigenvalue weighted by Crippen LogP contribution is -2.28. The zero-order valence-corrected chi connectivity index (χ0v) is 18.4. The molecule has 0 spiro atoms. The van der Waals surface area contributed by atoms with Crippen molar-refractivity contribution in [2.45, 2.75) is 49.7 Å². The predicted molar refractivity (Wildman–Crippen MR) is 118 cm³/mol. The summed E-state index contributed by atoms with van der Waals surface area (Å²) in [5, 5.41) is 16.8. The molecule has 0 radical (unpaired) electrons. The maximum absolute atomic E-state index is 14.1. The zero-order valence-electron chi connectivity index (χ0n) is 18.4. The molecule has 5 rings (SSSR count). The van der Waals surface area contributed by atoms with Crippen molar-refractivity contribution in [2.24, 2.45) is 0 Å². The van der Waals surface area contributed by atoms with Gasteiger partial charge in [-0.2, -0.15) is 18.3 Å². The fourth-order valence-electron chi connectivity index (χ4n) is 4.44. The number of rotatable bonds is 6. The molecule has 1 heterocycles. The van der Waals surface area contributed by atoms with Gasteiger partial charge in [-0.1, -0.05) is 12.1 Å². The molecule has 0 bridgehead atoms. The topological polar surface area (TPSA) is 84.2 Å². The van der Waals surface area contributed by atoms with E-state index in [4.69, 9.17) is 0 Å². The van der Waals surface area contributed by atoms with Crippen LogP contribution in [0.2, 0.25) is 0 Å². The van der Waals surface area contributed by atoms with E-state index in [0.29, 0.717) is 36.1 Å². The fourth-order valence-corrected chi connectivity index (χ4v) is 4.44. The largest absolute Gasteiger partial charge is 0.478 e. The second-order valence-electron chi connectivity index (χ2n) is 9.09. The minimum absolute atomic E-state index is 0.0265. The number of carbonyl (C=O) groups is 2. The van der Waals surface area contributed by atoms with Crippen LogP contribution in [0.25, 0.3) is 11.1 Å². The van der Waals surface area contributed by atoms with Crippen molar-refractivity contribution in [3.8, 4) is 11.1 Å². The molecule has 6 nitrogen and oxygen atoms in total. The number of hydrogen-bond acceptors (Lipinski definition) is 3. The van der Waals surface area contributed by atoms with Gasteiger partial charge in [0.1, 0.15) is 5.82 Å². The molecular weight excluding hydrogens is 466 g/mol. The standard InChI is InChI=1S/C25H21F4N3O3/c26-21-10-15(4-7-20(21)25(27,28)29)24(8-9-24)23(35)31-16-5-6-18(19(11-16)22(33)34)14-12-30-32(13-14)17-2-1-3-17/h4-7,10-13,17H,1-3,8-9H2,(H,31,35)(H,33,34). The van der Waals surface area contributed by atoms with Crippen LogP contribution in [0.4, 0.5) is 23.2 Å². The van der Waals surface area contributed by atoms with E-state index in [2.05, 4.69) is 10.4 Å². The highest BCUT2D eigenvalue weighted by Gasteiger charge is 2.52. The van der Waals surface area contributed by atoms with E-state index in [1.165, 1.54) is 6.07 Å². The Balaban J connectivity index is 1.39. The number of hydrogen-bond donors (Lipinski definition) is 2. The number of alkyl halides is 3. The molecule has 1 aromatic heterocycles. The SMILES string of the molecule is O=C(O)c1cc(NC(=O)C2(c3ccc(C(F)(F)F)c(F)c3)CC2)ccc1-c1cnn(C2CCC2)c1. The first kappa shape index (κ1) is 23.1. The smallest absolute Gasteiger partial charge is 0.419 e. The van der Waals surface area contributed by atoms with Gasteiger partial charge in [-0.3, -0.25) is 9.48 Å². The van der Waals surface area contributed by atoms with Crippen molar-refractivity contribution < 1.29 is 32.3 Å². The van der Waals surface area contributed by atoms with Crippen LogP contribution >= 0.6 is 0 Å². The van der Waals surface area contributed by atoms with Crippen molar-refractivity contribution in [1.82, 2.24) is 9.78 Å². The summed E-state index contributed by atoms with van der Waals surface area (Å²) in [6.07, 6.45) is 2.46. The van der Waals surface area contributed by atoms with Gasteiger partial charge in [0.25, 0.3) is 0 Å². The van der Waals surface area contributed by atoms with Crippen molar-refractivity contribution in [2.75, 3.05) is 5.32 Å². The first-order chi connectivity index (χ1) is 16.6. The highest BCUT2D eigenvalue weighted by atomic mass is 19.4. The Bertz CT molecular complexity index is 1320. The van der Waals surface area contributed by atoms with E-state index in [9.17, 15) is 32.3 Å². The second kappa shape index (κ2) is 8.21. The van der Waals surface area contributed by atoms with E-state index in [1.807, 2.05) is 10.9 Å². The lowest BCUT2D eigenvalue weighted by atomic mass is 9.93. The molecule has 2 aliphatic rings. The van der Waals surface area contributed by atoms with Crippen molar-refractivity contribution in [3.05, 3.63) is 71.3 Å². The lowest BCUT2D eigenvalue weighted by Gasteiger charge is -2.25. The van der Waals surface area contributed by atoms with Gasteiger partial charge in [0.2, 0.25) is 5.91 Å². The Morgan fingerprint density at radius 3 is 2.43 bits per heavy atom. The summed E-state index contributed by atoms with van der Waals surface area (Å²) in [7, 11) is 0. The summed E-state index contributed by atoms with van der Waals surface area (Å²) in [5.74, 6) is -3.15. The normalized spacial score (nSPS) is 17.0. The highest BCUT2D eigenvalue weighted by molar-refractivity contribution is 6.03. The molecule has 0 atom stereocenters. The molecule has 0 saturated heterocycles. The first-order valence-corrected chi connectivity index (χ1v) is 11.2. The van der Waals surface area contributed by atoms with Crippen molar-refractivity contribution in [3.63, 3.8) is 0 Å². The number of nitrogens with one attached hydrogen (secondary N) is 1. The van der Waals surface area contributed by atoms with Gasteiger partial charge in [-0.25, -0.2) is 9.18 Å². The number of aromatic carboxylic acids is 1. The molecule has 2 fully saturated rings. The fraction of sp³-hybridized carbons (Fsp3) is 0.320. The molecule has 1 amide bonds. The first-order valence-electron chi connectivity index (χ1n) is 11.2. The molecule has 0 aliphatic heterocycles. The highest BCUT2D eigenvalue weighted by Crippen LogP contribution is 2.50. The maximum Gasteiger partial charge on any atom is 0.419 e. The molecule has 0 unspecified atom stereocenters. The number of amides is 1. The lowest BCUT2D eigenvalue weighted by molar-refractivity contribution is -0.140. The summed E-state index contributed by atoms with van der Waals surface area (Å²) >= 11 is 0. The number of anilines is 1. The third kappa shape index (κ3) is 4.17. The zero-order chi connectivity index (χ0) is 25.0. The second-order valence-corrected chi connectivity index (χ2v) is 9.09. The van der Waals surface area contributed by atoms with E-state index in [1.54, 1.807) is 18.3 Å². The van der Waals surface area contributed by atoms with Gasteiger partial charge < -0.3 is 10.4 Å². The van der Waals surface area contributed by atoms with Crippen LogP contribution in [0.3, 0.4) is 0 Å². The van der Waals surface area contributed by atoms with E-state index in [0.717, 1.165) is 31.4 Å². The third-order valence-corrected chi connectivity index (χ3v) is 6.88. The van der Waals surface area contributed by atoms with Crippen LogP contribution in [0.15, 0.2) is 48.8 Å².